The molecule has 2 aliphatic rings. The number of para-hydroxylation sites is 1. The second-order valence-electron chi connectivity index (χ2n) is 8.63. The van der Waals surface area contributed by atoms with Crippen molar-refractivity contribution < 1.29 is 23.9 Å². The Kier molecular flexibility index (Phi) is 6.85. The standard InChI is InChI=1S/C28H27ClN2O5/c1-3-16-35-22-15-10-18(17-23(22)34-4-2)25-24-26(36-31(25)21-8-6-5-7-9-21)28(33)30(27(24)32)20-13-11-19(29)12-14-20/h5-15,17,24-26H,3-4,16H2,1-2H3/t24-,25-,26-/m1/s1. The van der Waals surface area contributed by atoms with Gasteiger partial charge in [-0.05, 0) is 67.4 Å². The van der Waals surface area contributed by atoms with Gasteiger partial charge in [-0.15, -0.1) is 0 Å². The maximum Gasteiger partial charge on any atom is 0.266 e. The van der Waals surface area contributed by atoms with Gasteiger partial charge < -0.3 is 9.47 Å². The predicted molar refractivity (Wildman–Crippen MR) is 137 cm³/mol. The molecular weight excluding hydrogens is 480 g/mol. The monoisotopic (exact) mass is 506 g/mol. The average Bonchev–Trinajstić information content (AvgIpc) is 3.40. The predicted octanol–water partition coefficient (Wildman–Crippen LogP) is 5.58. The van der Waals surface area contributed by atoms with Crippen LogP contribution in [-0.4, -0.2) is 31.1 Å². The Labute approximate surface area is 215 Å². The molecule has 2 fully saturated rings. The zero-order valence-electron chi connectivity index (χ0n) is 20.1. The summed E-state index contributed by atoms with van der Waals surface area (Å²) in [6.45, 7) is 4.97. The summed E-state index contributed by atoms with van der Waals surface area (Å²) in [6, 6.07) is 21.2. The zero-order valence-corrected chi connectivity index (χ0v) is 20.9. The molecule has 2 amide bonds. The molecule has 2 heterocycles. The molecule has 0 aliphatic carbocycles. The van der Waals surface area contributed by atoms with Crippen molar-refractivity contribution in [3.8, 4) is 11.5 Å². The number of halogens is 1. The van der Waals surface area contributed by atoms with E-state index in [-0.39, 0.29) is 5.91 Å². The van der Waals surface area contributed by atoms with Crippen LogP contribution in [0.15, 0.2) is 72.8 Å². The molecule has 3 atom stereocenters. The van der Waals surface area contributed by atoms with Gasteiger partial charge in [0, 0.05) is 5.02 Å². The topological polar surface area (TPSA) is 68.3 Å². The number of benzene rings is 3. The zero-order chi connectivity index (χ0) is 25.2. The molecule has 5 rings (SSSR count). The summed E-state index contributed by atoms with van der Waals surface area (Å²) >= 11 is 6.02. The Hall–Kier alpha value is -3.55. The Morgan fingerprint density at radius 1 is 0.861 bits per heavy atom. The minimum absolute atomic E-state index is 0.319. The van der Waals surface area contributed by atoms with Crippen molar-refractivity contribution in [1.82, 2.24) is 0 Å². The number of rotatable bonds is 8. The molecule has 0 bridgehead atoms. The van der Waals surface area contributed by atoms with Gasteiger partial charge in [0.05, 0.1) is 30.6 Å². The fourth-order valence-electron chi connectivity index (χ4n) is 4.71. The van der Waals surface area contributed by atoms with Gasteiger partial charge in [0.2, 0.25) is 5.91 Å². The van der Waals surface area contributed by atoms with E-state index >= 15 is 0 Å². The van der Waals surface area contributed by atoms with Crippen molar-refractivity contribution in [3.05, 3.63) is 83.4 Å². The lowest BCUT2D eigenvalue weighted by Crippen LogP contribution is -2.37. The third-order valence-corrected chi connectivity index (χ3v) is 6.53. The van der Waals surface area contributed by atoms with Gasteiger partial charge in [0.15, 0.2) is 17.6 Å². The van der Waals surface area contributed by atoms with Crippen LogP contribution in [0.2, 0.25) is 5.02 Å². The molecule has 0 N–H and O–H groups in total. The Morgan fingerprint density at radius 3 is 2.31 bits per heavy atom. The van der Waals surface area contributed by atoms with Crippen molar-refractivity contribution in [1.29, 1.82) is 0 Å². The second-order valence-corrected chi connectivity index (χ2v) is 9.07. The lowest BCUT2D eigenvalue weighted by Gasteiger charge is -2.29. The van der Waals surface area contributed by atoms with E-state index in [1.165, 1.54) is 4.90 Å². The molecule has 36 heavy (non-hydrogen) atoms. The van der Waals surface area contributed by atoms with Gasteiger partial charge in [-0.25, -0.2) is 9.96 Å². The van der Waals surface area contributed by atoms with Gasteiger partial charge >= 0.3 is 0 Å². The number of amides is 2. The number of fused-ring (bicyclic) bond motifs is 1. The molecule has 7 nitrogen and oxygen atoms in total. The lowest BCUT2D eigenvalue weighted by atomic mass is 9.90. The number of carbonyl (C=O) groups is 2. The first-order chi connectivity index (χ1) is 17.5. The third-order valence-electron chi connectivity index (χ3n) is 6.28. The van der Waals surface area contributed by atoms with Crippen molar-refractivity contribution >= 4 is 34.8 Å². The molecule has 3 aromatic carbocycles. The summed E-state index contributed by atoms with van der Waals surface area (Å²) in [5, 5.41) is 2.19. The molecule has 3 aromatic rings. The van der Waals surface area contributed by atoms with E-state index in [4.69, 9.17) is 25.9 Å². The maximum atomic E-state index is 13.8. The average molecular weight is 507 g/mol. The summed E-state index contributed by atoms with van der Waals surface area (Å²) < 4.78 is 11.7. The van der Waals surface area contributed by atoms with Crippen LogP contribution in [0.4, 0.5) is 11.4 Å². The second kappa shape index (κ2) is 10.2. The van der Waals surface area contributed by atoms with Crippen LogP contribution in [-0.2, 0) is 14.4 Å². The number of carbonyl (C=O) groups excluding carboxylic acids is 2. The highest BCUT2D eigenvalue weighted by Crippen LogP contribution is 2.48. The van der Waals surface area contributed by atoms with Crippen LogP contribution in [0.3, 0.4) is 0 Å². The van der Waals surface area contributed by atoms with Gasteiger partial charge in [-0.3, -0.25) is 14.4 Å². The van der Waals surface area contributed by atoms with Gasteiger partial charge in [-0.1, -0.05) is 42.8 Å². The van der Waals surface area contributed by atoms with Crippen LogP contribution in [0, 0.1) is 5.92 Å². The van der Waals surface area contributed by atoms with Crippen LogP contribution in [0.25, 0.3) is 0 Å². The molecule has 0 unspecified atom stereocenters. The molecule has 2 saturated heterocycles. The minimum atomic E-state index is -0.954. The molecule has 0 saturated carbocycles. The number of hydrogen-bond donors (Lipinski definition) is 0. The van der Waals surface area contributed by atoms with Crippen molar-refractivity contribution in [3.63, 3.8) is 0 Å². The molecule has 0 spiro atoms. The highest BCUT2D eigenvalue weighted by Gasteiger charge is 2.60. The first-order valence-corrected chi connectivity index (χ1v) is 12.4. The smallest absolute Gasteiger partial charge is 0.266 e. The fraction of sp³-hybridized carbons (Fsp3) is 0.286. The molecule has 2 aliphatic heterocycles. The van der Waals surface area contributed by atoms with Gasteiger partial charge in [0.25, 0.3) is 5.91 Å². The van der Waals surface area contributed by atoms with Gasteiger partial charge in [-0.2, -0.15) is 0 Å². The third kappa shape index (κ3) is 4.29. The Balaban J connectivity index is 1.57. The van der Waals surface area contributed by atoms with Crippen LogP contribution in [0.5, 0.6) is 11.5 Å². The quantitative estimate of drug-likeness (QED) is 0.372. The van der Waals surface area contributed by atoms with E-state index in [0.29, 0.717) is 35.4 Å². The van der Waals surface area contributed by atoms with Crippen molar-refractivity contribution in [2.24, 2.45) is 5.92 Å². The molecule has 186 valence electrons. The fourth-order valence-corrected chi connectivity index (χ4v) is 4.83. The number of anilines is 2. The lowest BCUT2D eigenvalue weighted by molar-refractivity contribution is -0.126. The number of imide groups is 1. The highest BCUT2D eigenvalue weighted by molar-refractivity contribution is 6.31. The molecule has 8 heteroatoms. The van der Waals surface area contributed by atoms with E-state index in [2.05, 4.69) is 0 Å². The SMILES string of the molecule is CCCOc1ccc([C@@H]2[C@H]3C(=O)N(c4ccc(Cl)cc4)C(=O)[C@@H]3ON2c2ccccc2)cc1OCC. The van der Waals surface area contributed by atoms with Crippen LogP contribution < -0.4 is 19.4 Å². The van der Waals surface area contributed by atoms with Crippen LogP contribution >= 0.6 is 11.6 Å². The first-order valence-electron chi connectivity index (χ1n) is 12.1. The molecule has 0 aromatic heterocycles. The summed E-state index contributed by atoms with van der Waals surface area (Å²) in [7, 11) is 0. The normalized spacial score (nSPS) is 21.1. The summed E-state index contributed by atoms with van der Waals surface area (Å²) in [6.07, 6.45) is -0.0862. The highest BCUT2D eigenvalue weighted by atomic mass is 35.5. The summed E-state index contributed by atoms with van der Waals surface area (Å²) in [5.74, 6) is -0.235. The maximum absolute atomic E-state index is 13.8. The summed E-state index contributed by atoms with van der Waals surface area (Å²) in [4.78, 5) is 34.6. The minimum Gasteiger partial charge on any atom is -0.490 e. The number of hydrogen-bond acceptors (Lipinski definition) is 6. The molecule has 0 radical (unpaired) electrons. The number of hydroxylamine groups is 1. The summed E-state index contributed by atoms with van der Waals surface area (Å²) in [5.41, 5.74) is 2.01. The van der Waals surface area contributed by atoms with Crippen molar-refractivity contribution in [2.45, 2.75) is 32.4 Å². The van der Waals surface area contributed by atoms with E-state index < -0.39 is 24.0 Å². The Bertz CT molecular complexity index is 1250. The molecular formula is C28H27ClN2O5. The van der Waals surface area contributed by atoms with E-state index in [1.807, 2.05) is 62.4 Å². The van der Waals surface area contributed by atoms with Crippen LogP contribution in [0.1, 0.15) is 31.9 Å². The van der Waals surface area contributed by atoms with E-state index in [9.17, 15) is 9.59 Å². The first kappa shape index (κ1) is 24.2. The number of nitrogens with zero attached hydrogens (tertiary/aromatic N) is 2. The van der Waals surface area contributed by atoms with E-state index in [1.54, 1.807) is 29.3 Å². The van der Waals surface area contributed by atoms with Gasteiger partial charge in [0.1, 0.15) is 5.92 Å². The number of ether oxygens (including phenoxy) is 2. The Morgan fingerprint density at radius 2 is 1.61 bits per heavy atom. The van der Waals surface area contributed by atoms with Crippen molar-refractivity contribution in [2.75, 3.05) is 23.2 Å². The largest absolute Gasteiger partial charge is 0.490 e. The van der Waals surface area contributed by atoms with E-state index in [0.717, 1.165) is 17.7 Å².